The number of hydrogen-bond acceptors (Lipinski definition) is 24. The number of carboxylic acid groups (broad SMARTS) is 2. The van der Waals surface area contributed by atoms with Crippen molar-refractivity contribution in [2.75, 3.05) is 13.1 Å². The van der Waals surface area contributed by atoms with Crippen LogP contribution < -0.4 is 98.2 Å². The number of aromatic hydroxyl groups is 1. The van der Waals surface area contributed by atoms with Gasteiger partial charge in [-0.1, -0.05) is 53.7 Å². The summed E-state index contributed by atoms with van der Waals surface area (Å²) in [6.45, 7) is 13.7. The number of aliphatic carboxylic acids is 2. The van der Waals surface area contributed by atoms with E-state index in [1.807, 2.05) is 13.8 Å². The van der Waals surface area contributed by atoms with Gasteiger partial charge in [-0.3, -0.25) is 76.7 Å². The SMILES string of the molecule is CC(C)C[C@H](NC(=O)[C@H](CCC(=O)O)NC(=O)[C@H](CCC(N)=O)NC(=O)[C@H](Cc1ccc(O)cc1)NC(=O)[C@@H](N)CC(C)C)C(=O)N[C@@H](CCC(N)=O)C(=O)N[C@@H](CCCCN)C(=O)N[C@@H](CC(C)C)C(=O)N[C@H](C(=O)N[C@@H](CCC(N)=O)C(=O)N[C@H](C(=O)N[C@H](C(=O)N[C@@H](CCCCN)C(=O)O)[C@@H](C)O)[C@@H](C)O)[C@@H](C)O. The van der Waals surface area contributed by atoms with Crippen molar-refractivity contribution in [2.24, 2.45) is 52.2 Å². The van der Waals surface area contributed by atoms with Gasteiger partial charge < -0.3 is 129 Å². The number of nitrogens with two attached hydrogens (primary N) is 6. The van der Waals surface area contributed by atoms with Gasteiger partial charge in [-0.2, -0.15) is 0 Å². The first-order valence-corrected chi connectivity index (χ1v) is 37.2. The molecule has 1 aromatic rings. The molecule has 0 aromatic heterocycles. The molecule has 0 heterocycles. The van der Waals surface area contributed by atoms with Gasteiger partial charge in [-0.25, -0.2) is 4.79 Å². The van der Waals surface area contributed by atoms with E-state index < -0.39 is 261 Å². The minimum Gasteiger partial charge on any atom is -0.508 e. The van der Waals surface area contributed by atoms with E-state index in [1.54, 1.807) is 27.7 Å². The summed E-state index contributed by atoms with van der Waals surface area (Å²) in [5, 5.41) is 90.2. The summed E-state index contributed by atoms with van der Waals surface area (Å²) in [7, 11) is 0. The van der Waals surface area contributed by atoms with Crippen LogP contribution in [0.15, 0.2) is 24.3 Å². The number of nitrogens with one attached hydrogen (secondary N) is 12. The van der Waals surface area contributed by atoms with E-state index in [0.29, 0.717) is 12.0 Å². The van der Waals surface area contributed by atoms with Crippen LogP contribution in [0.1, 0.15) is 177 Å². The fourth-order valence-corrected chi connectivity index (χ4v) is 11.2. The Labute approximate surface area is 649 Å². The van der Waals surface area contributed by atoms with Crippen LogP contribution in [0.4, 0.5) is 0 Å². The fraction of sp³-hybridized carbons (Fsp3) is 0.676. The first-order valence-electron chi connectivity index (χ1n) is 37.2. The van der Waals surface area contributed by atoms with Gasteiger partial charge in [-0.05, 0) is 153 Å². The van der Waals surface area contributed by atoms with E-state index in [4.69, 9.17) is 34.4 Å². The zero-order chi connectivity index (χ0) is 85.4. The molecule has 0 saturated heterocycles. The topological polar surface area (TPSA) is 712 Å². The van der Waals surface area contributed by atoms with Crippen LogP contribution in [-0.4, -0.2) is 241 Å². The van der Waals surface area contributed by atoms with E-state index in [0.717, 1.165) is 20.8 Å². The number of amides is 15. The number of hydrogen-bond donors (Lipinski definition) is 24. The number of primary amides is 3. The molecule has 16 atom stereocenters. The molecule has 0 aliphatic heterocycles. The molecule has 0 radical (unpaired) electrons. The number of carbonyl (C=O) groups excluding carboxylic acids is 15. The smallest absolute Gasteiger partial charge is 0.326 e. The molecule has 0 unspecified atom stereocenters. The van der Waals surface area contributed by atoms with Gasteiger partial charge in [0.25, 0.3) is 0 Å². The molecule has 41 nitrogen and oxygen atoms in total. The number of aliphatic hydroxyl groups is 3. The molecule has 15 amide bonds. The Balaban J connectivity index is 3.73. The van der Waals surface area contributed by atoms with Crippen molar-refractivity contribution in [3.05, 3.63) is 29.8 Å². The number of aliphatic hydroxyl groups excluding tert-OH is 3. The van der Waals surface area contributed by atoms with Crippen molar-refractivity contribution in [2.45, 2.75) is 275 Å². The minimum absolute atomic E-state index is 0.0395. The van der Waals surface area contributed by atoms with Crippen LogP contribution in [0, 0.1) is 17.8 Å². The van der Waals surface area contributed by atoms with E-state index >= 15 is 0 Å². The number of unbranched alkanes of at least 4 members (excludes halogenated alkanes) is 2. The molecule has 41 heteroatoms. The first kappa shape index (κ1) is 99.8. The average molecular weight is 1590 g/mol. The molecule has 0 spiro atoms. The van der Waals surface area contributed by atoms with Crippen LogP contribution in [0.5, 0.6) is 5.75 Å². The van der Waals surface area contributed by atoms with E-state index in [2.05, 4.69) is 63.8 Å². The molecule has 112 heavy (non-hydrogen) atoms. The minimum atomic E-state index is -1.99. The highest BCUT2D eigenvalue weighted by molar-refractivity contribution is 6.00. The number of carbonyl (C=O) groups is 17. The summed E-state index contributed by atoms with van der Waals surface area (Å²) in [6.07, 6.45) is -9.59. The summed E-state index contributed by atoms with van der Waals surface area (Å²) in [5.41, 5.74) is 34.2. The van der Waals surface area contributed by atoms with E-state index in [1.165, 1.54) is 24.3 Å². The van der Waals surface area contributed by atoms with Gasteiger partial charge in [0.05, 0.1) is 24.4 Å². The normalized spacial score (nSPS) is 15.6. The predicted octanol–water partition coefficient (Wildman–Crippen LogP) is -6.64. The van der Waals surface area contributed by atoms with Crippen molar-refractivity contribution in [3.63, 3.8) is 0 Å². The van der Waals surface area contributed by atoms with Gasteiger partial charge >= 0.3 is 11.9 Å². The molecule has 30 N–H and O–H groups in total. The van der Waals surface area contributed by atoms with E-state index in [9.17, 15) is 112 Å². The standard InChI is InChI=1S/C71H120N18O23/c1-34(2)30-42(74)59(99)84-51(33-40-16-18-41(93)19-17-40)66(106)81-45(21-25-53(76)95)62(102)79-47(23-27-55(97)98)63(103)85-49(31-35(3)4)65(105)80-44(20-24-52(75)94)61(101)78-43(14-10-12-28-72)60(100)86-50(32-36(5)6)67(107)88-56(37(7)90)68(108)82-46(22-26-54(77)96)64(104)87-58(39(9)92)70(110)89-57(38(8)91)69(109)83-48(71(111)112)15-11-13-29-73/h16-19,34-39,42-51,56-58,90-93H,10-15,20-33,72-74H2,1-9H3,(H2,75,94)(H2,76,95)(H2,77,96)(H,78,101)(H,79,102)(H,80,105)(H,81,106)(H,82,108)(H,83,109)(H,84,99)(H,85,103)(H,86,100)(H,87,104)(H,88,107)(H,89,110)(H,97,98)(H,111,112)/t37-,38-,39-,42+,43+,44+,45+,46+,47+,48+,49+,50+,51+,56+,57+,58+/m1/s1. The second-order valence-corrected chi connectivity index (χ2v) is 29.0. The molecule has 0 aliphatic rings. The third-order valence-corrected chi connectivity index (χ3v) is 17.3. The summed E-state index contributed by atoms with van der Waals surface area (Å²) in [4.78, 5) is 230. The second kappa shape index (κ2) is 51.3. The van der Waals surface area contributed by atoms with Crippen LogP contribution in [0.2, 0.25) is 0 Å². The lowest BCUT2D eigenvalue weighted by Gasteiger charge is -2.30. The first-order chi connectivity index (χ1) is 52.3. The largest absolute Gasteiger partial charge is 0.508 e. The highest BCUT2D eigenvalue weighted by Gasteiger charge is 2.40. The van der Waals surface area contributed by atoms with Gasteiger partial charge in [0.1, 0.15) is 78.3 Å². The van der Waals surface area contributed by atoms with Crippen molar-refractivity contribution in [1.29, 1.82) is 0 Å². The Morgan fingerprint density at radius 2 is 0.598 bits per heavy atom. The van der Waals surface area contributed by atoms with Crippen molar-refractivity contribution in [3.8, 4) is 5.75 Å². The lowest BCUT2D eigenvalue weighted by molar-refractivity contribution is -0.143. The number of phenols is 1. The maximum atomic E-state index is 14.6. The van der Waals surface area contributed by atoms with Gasteiger partial charge in [0, 0.05) is 32.1 Å². The third-order valence-electron chi connectivity index (χ3n) is 17.3. The number of rotatable bonds is 56. The van der Waals surface area contributed by atoms with Crippen LogP contribution in [-0.2, 0) is 87.9 Å². The molecule has 632 valence electrons. The highest BCUT2D eigenvalue weighted by atomic mass is 16.4. The molecule has 0 bridgehead atoms. The lowest BCUT2D eigenvalue weighted by atomic mass is 10.00. The lowest BCUT2D eigenvalue weighted by Crippen LogP contribution is -2.63. The summed E-state index contributed by atoms with van der Waals surface area (Å²) < 4.78 is 0. The van der Waals surface area contributed by atoms with Gasteiger partial charge in [-0.15, -0.1) is 0 Å². The molecular weight excluding hydrogens is 1470 g/mol. The number of carboxylic acids is 2. The molecule has 0 aliphatic carbocycles. The molecule has 0 saturated carbocycles. The third kappa shape index (κ3) is 39.1. The zero-order valence-corrected chi connectivity index (χ0v) is 65.0. The summed E-state index contributed by atoms with van der Waals surface area (Å²) >= 11 is 0. The molecule has 0 fully saturated rings. The Morgan fingerprint density at radius 1 is 0.330 bits per heavy atom. The Kier molecular flexibility index (Phi) is 45.7. The van der Waals surface area contributed by atoms with Gasteiger partial charge in [0.15, 0.2) is 0 Å². The number of phenolic OH excluding ortho intramolecular Hbond substituents is 1. The van der Waals surface area contributed by atoms with E-state index in [-0.39, 0.29) is 82.5 Å². The maximum absolute atomic E-state index is 14.6. The Hall–Kier alpha value is -10.2. The van der Waals surface area contributed by atoms with Crippen LogP contribution >= 0.6 is 0 Å². The summed E-state index contributed by atoms with van der Waals surface area (Å²) in [6, 6.07) is -16.2. The zero-order valence-electron chi connectivity index (χ0n) is 65.0. The quantitative estimate of drug-likeness (QED) is 0.0270. The second-order valence-electron chi connectivity index (χ2n) is 29.0. The monoisotopic (exact) mass is 1590 g/mol. The predicted molar refractivity (Wildman–Crippen MR) is 402 cm³/mol. The fourth-order valence-electron chi connectivity index (χ4n) is 11.2. The number of benzene rings is 1. The summed E-state index contributed by atoms with van der Waals surface area (Å²) in [5.74, 6) is -20.2. The maximum Gasteiger partial charge on any atom is 0.326 e. The Bertz CT molecular complexity index is 3320. The van der Waals surface area contributed by atoms with Crippen molar-refractivity contribution < 1.29 is 112 Å². The Morgan fingerprint density at radius 3 is 0.929 bits per heavy atom. The van der Waals surface area contributed by atoms with Crippen LogP contribution in [0.25, 0.3) is 0 Å². The van der Waals surface area contributed by atoms with Crippen molar-refractivity contribution >= 4 is 101 Å². The highest BCUT2D eigenvalue weighted by Crippen LogP contribution is 2.17. The van der Waals surface area contributed by atoms with Crippen LogP contribution in [0.3, 0.4) is 0 Å². The molecular formula is C71H120N18O23. The van der Waals surface area contributed by atoms with Gasteiger partial charge in [0.2, 0.25) is 88.6 Å². The average Bonchev–Trinajstić information content (AvgIpc) is 0.852. The van der Waals surface area contributed by atoms with Crippen molar-refractivity contribution in [1.82, 2.24) is 63.8 Å². The molecule has 1 aromatic carbocycles. The molecule has 1 rings (SSSR count).